The second-order valence-corrected chi connectivity index (χ2v) is 4.06. The predicted octanol–water partition coefficient (Wildman–Crippen LogP) is 2.24. The first-order chi connectivity index (χ1) is 8.08. The Labute approximate surface area is 103 Å². The van der Waals surface area contributed by atoms with Gasteiger partial charge < -0.3 is 5.11 Å². The van der Waals surface area contributed by atoms with Crippen LogP contribution >= 0.6 is 11.6 Å². The summed E-state index contributed by atoms with van der Waals surface area (Å²) < 4.78 is 1.50. The van der Waals surface area contributed by atoms with Gasteiger partial charge in [-0.05, 0) is 24.6 Å². The van der Waals surface area contributed by atoms with E-state index in [4.69, 9.17) is 16.7 Å². The van der Waals surface area contributed by atoms with Crippen molar-refractivity contribution >= 4 is 17.6 Å². The standard InChI is InChI=1S/C11H10ClN3O2/c1-7(8-3-2-4-9(12)5-8)15-6-10(11(16)17)13-14-15/h2-7H,1H3,(H,16,17). The third kappa shape index (κ3) is 2.45. The molecule has 0 saturated carbocycles. The van der Waals surface area contributed by atoms with Crippen molar-refractivity contribution in [1.82, 2.24) is 15.0 Å². The van der Waals surface area contributed by atoms with Crippen LogP contribution in [0.4, 0.5) is 0 Å². The highest BCUT2D eigenvalue weighted by molar-refractivity contribution is 6.30. The van der Waals surface area contributed by atoms with E-state index in [1.165, 1.54) is 10.9 Å². The van der Waals surface area contributed by atoms with Crippen LogP contribution in [0.1, 0.15) is 29.0 Å². The summed E-state index contributed by atoms with van der Waals surface area (Å²) in [5, 5.41) is 16.7. The minimum absolute atomic E-state index is 0.0705. The minimum Gasteiger partial charge on any atom is -0.476 e. The summed E-state index contributed by atoms with van der Waals surface area (Å²) in [4.78, 5) is 10.7. The van der Waals surface area contributed by atoms with Gasteiger partial charge in [-0.25, -0.2) is 9.48 Å². The largest absolute Gasteiger partial charge is 0.476 e. The lowest BCUT2D eigenvalue weighted by molar-refractivity contribution is 0.0690. The number of aromatic carboxylic acids is 1. The molecule has 0 bridgehead atoms. The van der Waals surface area contributed by atoms with Crippen molar-refractivity contribution in [2.45, 2.75) is 13.0 Å². The summed E-state index contributed by atoms with van der Waals surface area (Å²) in [6.45, 7) is 1.89. The van der Waals surface area contributed by atoms with Gasteiger partial charge in [-0.1, -0.05) is 28.9 Å². The summed E-state index contributed by atoms with van der Waals surface area (Å²) in [6, 6.07) is 7.21. The molecule has 1 unspecified atom stereocenters. The first-order valence-electron chi connectivity index (χ1n) is 4.98. The number of hydrogen-bond acceptors (Lipinski definition) is 3. The van der Waals surface area contributed by atoms with Gasteiger partial charge in [-0.2, -0.15) is 0 Å². The van der Waals surface area contributed by atoms with E-state index in [1.54, 1.807) is 6.07 Å². The van der Waals surface area contributed by atoms with Crippen LogP contribution in [0.25, 0.3) is 0 Å². The summed E-state index contributed by atoms with van der Waals surface area (Å²) in [7, 11) is 0. The van der Waals surface area contributed by atoms with Crippen LogP contribution in [0, 0.1) is 0 Å². The number of carbonyl (C=O) groups is 1. The number of benzene rings is 1. The van der Waals surface area contributed by atoms with Crippen molar-refractivity contribution in [3.8, 4) is 0 Å². The first kappa shape index (κ1) is 11.6. The number of rotatable bonds is 3. The maximum Gasteiger partial charge on any atom is 0.358 e. The molecule has 2 rings (SSSR count). The number of halogens is 1. The fourth-order valence-electron chi connectivity index (χ4n) is 1.48. The molecule has 0 spiro atoms. The number of carboxylic acid groups (broad SMARTS) is 1. The third-order valence-corrected chi connectivity index (χ3v) is 2.69. The van der Waals surface area contributed by atoms with Gasteiger partial charge in [0.1, 0.15) is 0 Å². The average molecular weight is 252 g/mol. The van der Waals surface area contributed by atoms with E-state index in [9.17, 15) is 4.79 Å². The normalized spacial score (nSPS) is 12.4. The Morgan fingerprint density at radius 2 is 2.29 bits per heavy atom. The van der Waals surface area contributed by atoms with E-state index in [-0.39, 0.29) is 11.7 Å². The van der Waals surface area contributed by atoms with Crippen molar-refractivity contribution in [3.63, 3.8) is 0 Å². The highest BCUT2D eigenvalue weighted by Crippen LogP contribution is 2.20. The lowest BCUT2D eigenvalue weighted by atomic mass is 10.1. The van der Waals surface area contributed by atoms with Gasteiger partial charge in [0.2, 0.25) is 0 Å². The Kier molecular flexibility index (Phi) is 3.10. The topological polar surface area (TPSA) is 68.0 Å². The van der Waals surface area contributed by atoms with Crippen LogP contribution in [0.2, 0.25) is 5.02 Å². The summed E-state index contributed by atoms with van der Waals surface area (Å²) in [5.74, 6) is -1.09. The highest BCUT2D eigenvalue weighted by atomic mass is 35.5. The smallest absolute Gasteiger partial charge is 0.358 e. The molecule has 1 aromatic heterocycles. The molecule has 0 radical (unpaired) electrons. The number of aromatic nitrogens is 3. The maximum absolute atomic E-state index is 10.7. The minimum atomic E-state index is -1.09. The fraction of sp³-hybridized carbons (Fsp3) is 0.182. The number of nitrogens with zero attached hydrogens (tertiary/aromatic N) is 3. The molecule has 0 aliphatic carbocycles. The average Bonchev–Trinajstić information content (AvgIpc) is 2.77. The zero-order valence-corrected chi connectivity index (χ0v) is 9.80. The zero-order chi connectivity index (χ0) is 12.4. The Bertz CT molecular complexity index is 553. The van der Waals surface area contributed by atoms with E-state index in [2.05, 4.69) is 10.3 Å². The first-order valence-corrected chi connectivity index (χ1v) is 5.36. The molecule has 1 heterocycles. The second-order valence-electron chi connectivity index (χ2n) is 3.62. The van der Waals surface area contributed by atoms with Gasteiger partial charge in [0.15, 0.2) is 5.69 Å². The van der Waals surface area contributed by atoms with Crippen molar-refractivity contribution in [2.24, 2.45) is 0 Å². The van der Waals surface area contributed by atoms with E-state index >= 15 is 0 Å². The molecule has 88 valence electrons. The van der Waals surface area contributed by atoms with Crippen LogP contribution in [-0.2, 0) is 0 Å². The summed E-state index contributed by atoms with van der Waals surface area (Å²) in [6.07, 6.45) is 1.40. The lowest BCUT2D eigenvalue weighted by Gasteiger charge is -2.11. The highest BCUT2D eigenvalue weighted by Gasteiger charge is 2.13. The molecular formula is C11H10ClN3O2. The molecular weight excluding hydrogens is 242 g/mol. The molecule has 17 heavy (non-hydrogen) atoms. The molecule has 0 amide bonds. The van der Waals surface area contributed by atoms with E-state index < -0.39 is 5.97 Å². The third-order valence-electron chi connectivity index (χ3n) is 2.46. The predicted molar refractivity (Wildman–Crippen MR) is 62.2 cm³/mol. The van der Waals surface area contributed by atoms with Crippen LogP contribution in [0.3, 0.4) is 0 Å². The van der Waals surface area contributed by atoms with Crippen LogP contribution in [-0.4, -0.2) is 26.1 Å². The molecule has 1 atom stereocenters. The number of hydrogen-bond donors (Lipinski definition) is 1. The molecule has 0 aliphatic heterocycles. The zero-order valence-electron chi connectivity index (χ0n) is 9.04. The number of carboxylic acids is 1. The molecule has 0 fully saturated rings. The van der Waals surface area contributed by atoms with Crippen LogP contribution in [0.5, 0.6) is 0 Å². The van der Waals surface area contributed by atoms with Crippen molar-refractivity contribution in [1.29, 1.82) is 0 Å². The van der Waals surface area contributed by atoms with E-state index in [0.717, 1.165) is 5.56 Å². The molecule has 1 aromatic carbocycles. The summed E-state index contributed by atoms with van der Waals surface area (Å²) >= 11 is 5.89. The Morgan fingerprint density at radius 1 is 1.53 bits per heavy atom. The second kappa shape index (κ2) is 4.55. The monoisotopic (exact) mass is 251 g/mol. The lowest BCUT2D eigenvalue weighted by Crippen LogP contribution is -2.07. The SMILES string of the molecule is CC(c1cccc(Cl)c1)n1cc(C(=O)O)nn1. The molecule has 6 heteroatoms. The van der Waals surface area contributed by atoms with E-state index in [1.807, 2.05) is 25.1 Å². The fourth-order valence-corrected chi connectivity index (χ4v) is 1.68. The van der Waals surface area contributed by atoms with Gasteiger partial charge in [0.25, 0.3) is 0 Å². The molecule has 0 aliphatic rings. The van der Waals surface area contributed by atoms with Crippen molar-refractivity contribution in [3.05, 3.63) is 46.7 Å². The van der Waals surface area contributed by atoms with Gasteiger partial charge in [-0.3, -0.25) is 0 Å². The molecule has 2 aromatic rings. The van der Waals surface area contributed by atoms with Gasteiger partial charge in [0.05, 0.1) is 12.2 Å². The Morgan fingerprint density at radius 3 is 2.88 bits per heavy atom. The molecule has 1 N–H and O–H groups in total. The maximum atomic E-state index is 10.7. The Hall–Kier alpha value is -1.88. The molecule has 5 nitrogen and oxygen atoms in total. The van der Waals surface area contributed by atoms with E-state index in [0.29, 0.717) is 5.02 Å². The molecule has 0 saturated heterocycles. The summed E-state index contributed by atoms with van der Waals surface area (Å²) in [5.41, 5.74) is 0.873. The van der Waals surface area contributed by atoms with Crippen LogP contribution < -0.4 is 0 Å². The van der Waals surface area contributed by atoms with Gasteiger partial charge in [0, 0.05) is 5.02 Å². The van der Waals surface area contributed by atoms with Crippen molar-refractivity contribution in [2.75, 3.05) is 0 Å². The van der Waals surface area contributed by atoms with Crippen molar-refractivity contribution < 1.29 is 9.90 Å². The van der Waals surface area contributed by atoms with Crippen LogP contribution in [0.15, 0.2) is 30.5 Å². The van der Waals surface area contributed by atoms with Gasteiger partial charge in [-0.15, -0.1) is 5.10 Å². The van der Waals surface area contributed by atoms with Gasteiger partial charge >= 0.3 is 5.97 Å². The quantitative estimate of drug-likeness (QED) is 0.908. The Balaban J connectivity index is 2.30.